The fraction of sp³-hybridized carbons (Fsp3) is 0.316. The summed E-state index contributed by atoms with van der Waals surface area (Å²) in [5.41, 5.74) is 1.78. The van der Waals surface area contributed by atoms with E-state index in [1.54, 1.807) is 6.20 Å². The molecular weight excluding hydrogens is 348 g/mol. The number of imide groups is 1. The normalized spacial score (nSPS) is 19.0. The number of thiophene rings is 1. The van der Waals surface area contributed by atoms with E-state index >= 15 is 0 Å². The van der Waals surface area contributed by atoms with Gasteiger partial charge in [-0.25, -0.2) is 0 Å². The summed E-state index contributed by atoms with van der Waals surface area (Å²) < 4.78 is 0. The summed E-state index contributed by atoms with van der Waals surface area (Å²) in [6.45, 7) is 3.45. The molecule has 6 nitrogen and oxygen atoms in total. The van der Waals surface area contributed by atoms with E-state index in [0.29, 0.717) is 17.0 Å². The Morgan fingerprint density at radius 3 is 2.50 bits per heavy atom. The van der Waals surface area contributed by atoms with Crippen molar-refractivity contribution in [2.45, 2.75) is 6.54 Å². The van der Waals surface area contributed by atoms with Gasteiger partial charge in [-0.15, -0.1) is 11.3 Å². The standard InChI is InChI=1S/C19H20N4O2S/c1-21-8-10-22(11-9-21)17-16(15-6-4-12-26-15)18(24)23(19(17)25)13-14-5-2-3-7-20-14/h2-7,12H,8-11,13H2,1H3. The van der Waals surface area contributed by atoms with Crippen molar-refractivity contribution in [1.29, 1.82) is 0 Å². The van der Waals surface area contributed by atoms with Gasteiger partial charge in [-0.1, -0.05) is 12.1 Å². The summed E-state index contributed by atoms with van der Waals surface area (Å²) in [4.78, 5) is 37.0. The highest BCUT2D eigenvalue weighted by molar-refractivity contribution is 7.11. The topological polar surface area (TPSA) is 56.8 Å². The first-order valence-electron chi connectivity index (χ1n) is 8.63. The molecule has 2 aliphatic heterocycles. The SMILES string of the molecule is CN1CCN(C2=C(c3cccs3)C(=O)N(Cc3ccccn3)C2=O)CC1. The van der Waals surface area contributed by atoms with Gasteiger partial charge in [-0.2, -0.15) is 0 Å². The van der Waals surface area contributed by atoms with Crippen LogP contribution < -0.4 is 0 Å². The van der Waals surface area contributed by atoms with Crippen LogP contribution in [-0.2, 0) is 16.1 Å². The smallest absolute Gasteiger partial charge is 0.278 e. The predicted molar refractivity (Wildman–Crippen MR) is 100 cm³/mol. The van der Waals surface area contributed by atoms with E-state index in [1.165, 1.54) is 16.2 Å². The molecule has 2 amide bonds. The zero-order valence-electron chi connectivity index (χ0n) is 14.6. The van der Waals surface area contributed by atoms with Gasteiger partial charge in [-0.05, 0) is 30.6 Å². The first-order chi connectivity index (χ1) is 12.6. The van der Waals surface area contributed by atoms with Gasteiger partial charge in [0.1, 0.15) is 5.70 Å². The zero-order valence-corrected chi connectivity index (χ0v) is 15.4. The van der Waals surface area contributed by atoms with Crippen LogP contribution in [0.1, 0.15) is 10.6 Å². The third-order valence-corrected chi connectivity index (χ3v) is 5.66. The number of hydrogen-bond acceptors (Lipinski definition) is 6. The average molecular weight is 368 g/mol. The number of amides is 2. The average Bonchev–Trinajstić information content (AvgIpc) is 3.26. The molecule has 4 heterocycles. The maximum atomic E-state index is 13.2. The summed E-state index contributed by atoms with van der Waals surface area (Å²) >= 11 is 1.49. The number of pyridine rings is 1. The van der Waals surface area contributed by atoms with Crippen LogP contribution in [0.3, 0.4) is 0 Å². The van der Waals surface area contributed by atoms with Crippen LogP contribution in [0.5, 0.6) is 0 Å². The van der Waals surface area contributed by atoms with Gasteiger partial charge in [0.2, 0.25) is 0 Å². The number of carbonyl (C=O) groups is 2. The Hall–Kier alpha value is -2.51. The molecule has 134 valence electrons. The summed E-state index contributed by atoms with van der Waals surface area (Å²) in [7, 11) is 2.07. The van der Waals surface area contributed by atoms with Crippen molar-refractivity contribution in [3.63, 3.8) is 0 Å². The van der Waals surface area contributed by atoms with Gasteiger partial charge >= 0.3 is 0 Å². The second kappa shape index (κ2) is 7.01. The van der Waals surface area contributed by atoms with Crippen LogP contribution in [0.2, 0.25) is 0 Å². The molecule has 1 fully saturated rings. The Morgan fingerprint density at radius 1 is 1.04 bits per heavy atom. The van der Waals surface area contributed by atoms with Gasteiger partial charge < -0.3 is 9.80 Å². The number of rotatable bonds is 4. The van der Waals surface area contributed by atoms with Gasteiger partial charge in [0.25, 0.3) is 11.8 Å². The number of piperazine rings is 1. The molecule has 0 spiro atoms. The first kappa shape index (κ1) is 16.9. The fourth-order valence-electron chi connectivity index (χ4n) is 3.33. The lowest BCUT2D eigenvalue weighted by atomic mass is 10.1. The Morgan fingerprint density at radius 2 is 1.85 bits per heavy atom. The highest BCUT2D eigenvalue weighted by Crippen LogP contribution is 2.34. The summed E-state index contributed by atoms with van der Waals surface area (Å²) in [5.74, 6) is -0.439. The Labute approximate surface area is 156 Å². The maximum absolute atomic E-state index is 13.2. The van der Waals surface area contributed by atoms with E-state index in [2.05, 4.69) is 21.8 Å². The van der Waals surface area contributed by atoms with E-state index in [1.807, 2.05) is 35.7 Å². The molecule has 0 radical (unpaired) electrons. The molecule has 7 heteroatoms. The minimum Gasteiger partial charge on any atom is -0.364 e. The lowest BCUT2D eigenvalue weighted by molar-refractivity contribution is -0.138. The van der Waals surface area contributed by atoms with Crippen molar-refractivity contribution >= 4 is 28.7 Å². The van der Waals surface area contributed by atoms with Crippen LogP contribution in [0.4, 0.5) is 0 Å². The highest BCUT2D eigenvalue weighted by Gasteiger charge is 2.42. The van der Waals surface area contributed by atoms with E-state index in [4.69, 9.17) is 0 Å². The predicted octanol–water partition coefficient (Wildman–Crippen LogP) is 1.67. The molecule has 0 aromatic carbocycles. The second-order valence-electron chi connectivity index (χ2n) is 6.51. The van der Waals surface area contributed by atoms with Crippen LogP contribution in [0, 0.1) is 0 Å². The van der Waals surface area contributed by atoms with Gasteiger partial charge in [0.15, 0.2) is 0 Å². The lowest BCUT2D eigenvalue weighted by Crippen LogP contribution is -2.46. The van der Waals surface area contributed by atoms with Crippen LogP contribution in [0.25, 0.3) is 5.57 Å². The molecule has 26 heavy (non-hydrogen) atoms. The number of aromatic nitrogens is 1. The van der Waals surface area contributed by atoms with E-state index in [9.17, 15) is 9.59 Å². The monoisotopic (exact) mass is 368 g/mol. The largest absolute Gasteiger partial charge is 0.364 e. The molecule has 2 aromatic heterocycles. The molecular formula is C19H20N4O2S. The van der Waals surface area contributed by atoms with Crippen LogP contribution in [0.15, 0.2) is 47.6 Å². The zero-order chi connectivity index (χ0) is 18.1. The molecule has 0 unspecified atom stereocenters. The summed E-state index contributed by atoms with van der Waals surface area (Å²) in [5, 5.41) is 1.93. The van der Waals surface area contributed by atoms with E-state index < -0.39 is 0 Å². The van der Waals surface area contributed by atoms with E-state index in [0.717, 1.165) is 31.1 Å². The third-order valence-electron chi connectivity index (χ3n) is 4.78. The molecule has 0 aliphatic carbocycles. The third kappa shape index (κ3) is 3.04. The number of likely N-dealkylation sites (N-methyl/N-ethyl adjacent to an activating group) is 1. The first-order valence-corrected chi connectivity index (χ1v) is 9.51. The van der Waals surface area contributed by atoms with Crippen molar-refractivity contribution in [1.82, 2.24) is 19.7 Å². The molecule has 2 aromatic rings. The molecule has 4 rings (SSSR count). The molecule has 0 atom stereocenters. The Kier molecular flexibility index (Phi) is 4.57. The molecule has 2 aliphatic rings. The van der Waals surface area contributed by atoms with Crippen LogP contribution in [-0.4, -0.2) is 64.7 Å². The minimum absolute atomic E-state index is 0.199. The number of hydrogen-bond donors (Lipinski definition) is 0. The number of nitrogens with zero attached hydrogens (tertiary/aromatic N) is 4. The number of carbonyl (C=O) groups excluding carboxylic acids is 2. The second-order valence-corrected chi connectivity index (χ2v) is 7.46. The molecule has 0 bridgehead atoms. The lowest BCUT2D eigenvalue weighted by Gasteiger charge is -2.34. The fourth-order valence-corrected chi connectivity index (χ4v) is 4.09. The quantitative estimate of drug-likeness (QED) is 0.769. The summed E-state index contributed by atoms with van der Waals surface area (Å²) in [6.07, 6.45) is 1.68. The van der Waals surface area contributed by atoms with Crippen molar-refractivity contribution in [3.05, 3.63) is 58.2 Å². The van der Waals surface area contributed by atoms with Crippen molar-refractivity contribution in [2.75, 3.05) is 33.2 Å². The van der Waals surface area contributed by atoms with Gasteiger partial charge in [0.05, 0.1) is 17.8 Å². The van der Waals surface area contributed by atoms with Crippen LogP contribution >= 0.6 is 11.3 Å². The summed E-state index contributed by atoms with van der Waals surface area (Å²) in [6, 6.07) is 9.34. The minimum atomic E-state index is -0.225. The highest BCUT2D eigenvalue weighted by atomic mass is 32.1. The van der Waals surface area contributed by atoms with Crippen molar-refractivity contribution < 1.29 is 9.59 Å². The Balaban J connectivity index is 1.69. The van der Waals surface area contributed by atoms with Gasteiger partial charge in [-0.3, -0.25) is 19.5 Å². The van der Waals surface area contributed by atoms with Crippen molar-refractivity contribution in [2.24, 2.45) is 0 Å². The molecule has 1 saturated heterocycles. The Bertz CT molecular complexity index is 840. The maximum Gasteiger partial charge on any atom is 0.278 e. The van der Waals surface area contributed by atoms with Crippen molar-refractivity contribution in [3.8, 4) is 0 Å². The van der Waals surface area contributed by atoms with E-state index in [-0.39, 0.29) is 18.4 Å². The molecule has 0 N–H and O–H groups in total. The molecule has 0 saturated carbocycles. The van der Waals surface area contributed by atoms with Gasteiger partial charge in [0, 0.05) is 37.3 Å².